The lowest BCUT2D eigenvalue weighted by Crippen LogP contribution is -2.28. The number of rotatable bonds is 7. The van der Waals surface area contributed by atoms with E-state index in [2.05, 4.69) is 38.1 Å². The second-order valence-electron chi connectivity index (χ2n) is 5.22. The van der Waals surface area contributed by atoms with Crippen molar-refractivity contribution in [2.75, 3.05) is 0 Å². The third-order valence-corrected chi connectivity index (χ3v) is 4.01. The van der Waals surface area contributed by atoms with Crippen LogP contribution in [-0.2, 0) is 20.0 Å². The van der Waals surface area contributed by atoms with E-state index < -0.39 is 0 Å². The van der Waals surface area contributed by atoms with Crippen LogP contribution in [0.2, 0.25) is 5.02 Å². The molecule has 0 aliphatic heterocycles. The Bertz CT molecular complexity index is 373. The lowest BCUT2D eigenvalue weighted by molar-refractivity contribution is 0.408. The highest BCUT2D eigenvalue weighted by molar-refractivity contribution is 6.31. The summed E-state index contributed by atoms with van der Waals surface area (Å²) in [6.45, 7) is 9.64. The monoisotopic (exact) mass is 271 g/mol. The molecule has 0 saturated heterocycles. The molecule has 0 spiro atoms. The van der Waals surface area contributed by atoms with Gasteiger partial charge < -0.3 is 5.32 Å². The molecule has 104 valence electrons. The van der Waals surface area contributed by atoms with Crippen LogP contribution in [0.15, 0.2) is 0 Å². The molecule has 1 rings (SSSR count). The molecule has 1 aromatic rings. The van der Waals surface area contributed by atoms with Gasteiger partial charge in [-0.05, 0) is 25.7 Å². The van der Waals surface area contributed by atoms with E-state index in [-0.39, 0.29) is 0 Å². The number of aromatic nitrogens is 2. The predicted octanol–water partition coefficient (Wildman–Crippen LogP) is 3.55. The smallest absolute Gasteiger partial charge is 0.0863 e. The van der Waals surface area contributed by atoms with Crippen LogP contribution in [0.3, 0.4) is 0 Å². The number of halogens is 1. The maximum atomic E-state index is 6.32. The number of nitrogens with one attached hydrogen (secondary N) is 1. The summed E-state index contributed by atoms with van der Waals surface area (Å²) in [4.78, 5) is 0. The molecule has 0 amide bonds. The highest BCUT2D eigenvalue weighted by atomic mass is 35.5. The van der Waals surface area contributed by atoms with Gasteiger partial charge in [0.15, 0.2) is 0 Å². The summed E-state index contributed by atoms with van der Waals surface area (Å²) in [7, 11) is 1.96. The van der Waals surface area contributed by atoms with Gasteiger partial charge in [0.25, 0.3) is 0 Å². The Hall–Kier alpha value is -0.540. The first-order valence-electron chi connectivity index (χ1n) is 6.93. The van der Waals surface area contributed by atoms with E-state index in [0.29, 0.717) is 6.04 Å². The van der Waals surface area contributed by atoms with Crippen LogP contribution >= 0.6 is 11.6 Å². The summed E-state index contributed by atoms with van der Waals surface area (Å²) in [5.41, 5.74) is 2.08. The van der Waals surface area contributed by atoms with Crippen LogP contribution in [0.4, 0.5) is 0 Å². The normalized spacial score (nSPS) is 14.8. The first-order chi connectivity index (χ1) is 8.49. The van der Waals surface area contributed by atoms with Crippen molar-refractivity contribution in [1.82, 2.24) is 15.1 Å². The summed E-state index contributed by atoms with van der Waals surface area (Å²) >= 11 is 6.32. The lowest BCUT2D eigenvalue weighted by Gasteiger charge is -2.17. The van der Waals surface area contributed by atoms with Crippen molar-refractivity contribution >= 4 is 11.6 Å². The maximum Gasteiger partial charge on any atom is 0.0863 e. The average molecular weight is 272 g/mol. The van der Waals surface area contributed by atoms with Gasteiger partial charge in [0.1, 0.15) is 0 Å². The van der Waals surface area contributed by atoms with E-state index in [0.717, 1.165) is 35.3 Å². The molecule has 2 atom stereocenters. The molecule has 0 fully saturated rings. The summed E-state index contributed by atoms with van der Waals surface area (Å²) in [6.07, 6.45) is 3.32. The van der Waals surface area contributed by atoms with Crippen LogP contribution in [0, 0.1) is 5.92 Å². The Labute approximate surface area is 116 Å². The van der Waals surface area contributed by atoms with Crippen molar-refractivity contribution in [3.63, 3.8) is 0 Å². The van der Waals surface area contributed by atoms with Gasteiger partial charge in [-0.3, -0.25) is 4.68 Å². The summed E-state index contributed by atoms with van der Waals surface area (Å²) in [5, 5.41) is 8.79. The predicted molar refractivity (Wildman–Crippen MR) is 78.0 cm³/mol. The molecular formula is C14H26ClN3. The summed E-state index contributed by atoms with van der Waals surface area (Å²) < 4.78 is 1.89. The van der Waals surface area contributed by atoms with Gasteiger partial charge >= 0.3 is 0 Å². The maximum absolute atomic E-state index is 6.32. The molecule has 0 saturated carbocycles. The quantitative estimate of drug-likeness (QED) is 0.822. The zero-order chi connectivity index (χ0) is 13.7. The Morgan fingerprint density at radius 2 is 2.00 bits per heavy atom. The highest BCUT2D eigenvalue weighted by Crippen LogP contribution is 2.21. The van der Waals surface area contributed by atoms with Crippen molar-refractivity contribution in [3.8, 4) is 0 Å². The van der Waals surface area contributed by atoms with Crippen molar-refractivity contribution in [2.45, 2.75) is 59.5 Å². The van der Waals surface area contributed by atoms with Gasteiger partial charge in [0.05, 0.1) is 16.4 Å². The molecule has 0 aromatic carbocycles. The van der Waals surface area contributed by atoms with Gasteiger partial charge in [-0.2, -0.15) is 5.10 Å². The largest absolute Gasteiger partial charge is 0.309 e. The lowest BCUT2D eigenvalue weighted by atomic mass is 10.0. The fraction of sp³-hybridized carbons (Fsp3) is 0.786. The minimum atomic E-state index is 0.510. The summed E-state index contributed by atoms with van der Waals surface area (Å²) in [5.74, 6) is 0.765. The van der Waals surface area contributed by atoms with Crippen molar-refractivity contribution in [2.24, 2.45) is 13.0 Å². The second kappa shape index (κ2) is 7.15. The molecule has 2 unspecified atom stereocenters. The van der Waals surface area contributed by atoms with Gasteiger partial charge in [0, 0.05) is 19.6 Å². The standard InChI is InChI=1S/C14H26ClN3/c1-6-10(3)8-11(4)16-9-13-14(15)12(7-2)17-18(13)5/h10-11,16H,6-9H2,1-5H3. The van der Waals surface area contributed by atoms with E-state index in [1.54, 1.807) is 0 Å². The van der Waals surface area contributed by atoms with Crippen molar-refractivity contribution in [1.29, 1.82) is 0 Å². The number of aryl methyl sites for hydroxylation is 2. The third kappa shape index (κ3) is 3.99. The molecule has 1 heterocycles. The van der Waals surface area contributed by atoms with Gasteiger partial charge in [0.2, 0.25) is 0 Å². The third-order valence-electron chi connectivity index (χ3n) is 3.57. The zero-order valence-corrected chi connectivity index (χ0v) is 13.0. The van der Waals surface area contributed by atoms with E-state index in [1.807, 2.05) is 11.7 Å². The fourth-order valence-electron chi connectivity index (χ4n) is 2.14. The van der Waals surface area contributed by atoms with Crippen LogP contribution < -0.4 is 5.32 Å². The van der Waals surface area contributed by atoms with E-state index in [4.69, 9.17) is 11.6 Å². The van der Waals surface area contributed by atoms with Crippen LogP contribution in [0.1, 0.15) is 51.9 Å². The first-order valence-corrected chi connectivity index (χ1v) is 7.30. The van der Waals surface area contributed by atoms with Crippen molar-refractivity contribution < 1.29 is 0 Å². The molecular weight excluding hydrogens is 246 g/mol. The SMILES string of the molecule is CCc1nn(C)c(CNC(C)CC(C)CC)c1Cl. The van der Waals surface area contributed by atoms with Crippen LogP contribution in [-0.4, -0.2) is 15.8 Å². The number of nitrogens with zero attached hydrogens (tertiary/aromatic N) is 2. The molecule has 0 aliphatic rings. The van der Waals surface area contributed by atoms with Crippen LogP contribution in [0.5, 0.6) is 0 Å². The highest BCUT2D eigenvalue weighted by Gasteiger charge is 2.14. The molecule has 0 radical (unpaired) electrons. The van der Waals surface area contributed by atoms with Gasteiger partial charge in [-0.25, -0.2) is 0 Å². The number of hydrogen-bond acceptors (Lipinski definition) is 2. The van der Waals surface area contributed by atoms with Gasteiger partial charge in [-0.1, -0.05) is 38.8 Å². The van der Waals surface area contributed by atoms with E-state index in [9.17, 15) is 0 Å². The van der Waals surface area contributed by atoms with Crippen molar-refractivity contribution in [3.05, 3.63) is 16.4 Å². The van der Waals surface area contributed by atoms with Gasteiger partial charge in [-0.15, -0.1) is 0 Å². The van der Waals surface area contributed by atoms with E-state index >= 15 is 0 Å². The Kier molecular flexibility index (Phi) is 6.16. The molecule has 4 heteroatoms. The summed E-state index contributed by atoms with van der Waals surface area (Å²) in [6, 6.07) is 0.510. The molecule has 3 nitrogen and oxygen atoms in total. The first kappa shape index (κ1) is 15.5. The Balaban J connectivity index is 2.55. The molecule has 1 N–H and O–H groups in total. The number of hydrogen-bond donors (Lipinski definition) is 1. The van der Waals surface area contributed by atoms with E-state index in [1.165, 1.54) is 12.8 Å². The average Bonchev–Trinajstić information content (AvgIpc) is 2.61. The van der Waals surface area contributed by atoms with Crippen LogP contribution in [0.25, 0.3) is 0 Å². The minimum Gasteiger partial charge on any atom is -0.309 e. The molecule has 1 aromatic heterocycles. The molecule has 0 bridgehead atoms. The Morgan fingerprint density at radius 1 is 1.33 bits per heavy atom. The minimum absolute atomic E-state index is 0.510. The Morgan fingerprint density at radius 3 is 2.50 bits per heavy atom. The second-order valence-corrected chi connectivity index (χ2v) is 5.59. The fourth-order valence-corrected chi connectivity index (χ4v) is 2.50. The topological polar surface area (TPSA) is 29.9 Å². The molecule has 0 aliphatic carbocycles. The molecule has 18 heavy (non-hydrogen) atoms. The zero-order valence-electron chi connectivity index (χ0n) is 12.3.